The second-order valence-corrected chi connectivity index (χ2v) is 6.51. The van der Waals surface area contributed by atoms with E-state index in [0.717, 1.165) is 5.56 Å². The average Bonchev–Trinajstić information content (AvgIpc) is 3.34. The normalized spacial score (nSPS) is 13.6. The zero-order valence-electron chi connectivity index (χ0n) is 15.6. The molecule has 3 heterocycles. The van der Waals surface area contributed by atoms with E-state index in [1.807, 2.05) is 37.3 Å². The van der Waals surface area contributed by atoms with Crippen molar-refractivity contribution in [3.63, 3.8) is 0 Å². The minimum Gasteiger partial charge on any atom is -0.486 e. The van der Waals surface area contributed by atoms with E-state index in [9.17, 15) is 10.1 Å². The molecule has 142 valence electrons. The largest absolute Gasteiger partial charge is 0.486 e. The number of rotatable bonds is 4. The van der Waals surface area contributed by atoms with Crippen molar-refractivity contribution >= 4 is 5.91 Å². The first-order valence-corrected chi connectivity index (χ1v) is 8.95. The highest BCUT2D eigenvalue weighted by Gasteiger charge is 2.26. The Labute approximate surface area is 162 Å². The van der Waals surface area contributed by atoms with Crippen LogP contribution in [-0.2, 0) is 0 Å². The summed E-state index contributed by atoms with van der Waals surface area (Å²) in [6, 6.07) is 11.0. The molecule has 0 saturated heterocycles. The van der Waals surface area contributed by atoms with E-state index < -0.39 is 0 Å². The number of carbonyl (C=O) groups is 1. The second-order valence-electron chi connectivity index (χ2n) is 6.51. The first-order valence-electron chi connectivity index (χ1n) is 8.95. The van der Waals surface area contributed by atoms with Gasteiger partial charge >= 0.3 is 0 Å². The van der Waals surface area contributed by atoms with Gasteiger partial charge in [-0.3, -0.25) is 9.36 Å². The molecule has 1 aromatic carbocycles. The first-order chi connectivity index (χ1) is 13.6. The maximum atomic E-state index is 12.9. The van der Waals surface area contributed by atoms with Crippen molar-refractivity contribution in [1.82, 2.24) is 9.88 Å². The number of hydrogen-bond donors (Lipinski definition) is 1. The van der Waals surface area contributed by atoms with E-state index in [1.54, 1.807) is 23.9 Å². The molecule has 1 aliphatic rings. The lowest BCUT2D eigenvalue weighted by Crippen LogP contribution is -2.27. The zero-order valence-corrected chi connectivity index (χ0v) is 15.6. The van der Waals surface area contributed by atoms with Gasteiger partial charge in [0.2, 0.25) is 5.88 Å². The fourth-order valence-corrected chi connectivity index (χ4v) is 3.24. The Hall–Kier alpha value is -3.66. The number of aryl methyl sites for hydroxylation is 1. The second kappa shape index (κ2) is 7.16. The molecule has 0 radical (unpaired) electrons. The molecule has 0 spiro atoms. The zero-order chi connectivity index (χ0) is 19.7. The van der Waals surface area contributed by atoms with Crippen LogP contribution in [0.2, 0.25) is 0 Å². The molecular formula is C21H19N3O4. The van der Waals surface area contributed by atoms with Crippen LogP contribution in [0.1, 0.15) is 40.2 Å². The van der Waals surface area contributed by atoms with Crippen molar-refractivity contribution in [2.45, 2.75) is 19.9 Å². The minimum atomic E-state index is -0.362. The van der Waals surface area contributed by atoms with Gasteiger partial charge in [-0.25, -0.2) is 0 Å². The van der Waals surface area contributed by atoms with Crippen molar-refractivity contribution in [3.8, 4) is 23.5 Å². The summed E-state index contributed by atoms with van der Waals surface area (Å²) in [5, 5.41) is 12.5. The van der Waals surface area contributed by atoms with Crippen LogP contribution >= 0.6 is 0 Å². The highest BCUT2D eigenvalue weighted by Crippen LogP contribution is 2.33. The quantitative estimate of drug-likeness (QED) is 0.751. The lowest BCUT2D eigenvalue weighted by Gasteiger charge is -2.21. The number of benzene rings is 1. The predicted octanol–water partition coefficient (Wildman–Crippen LogP) is 3.51. The van der Waals surface area contributed by atoms with Gasteiger partial charge in [0.15, 0.2) is 11.5 Å². The molecule has 3 aromatic rings. The van der Waals surface area contributed by atoms with E-state index in [1.165, 1.54) is 0 Å². The number of carbonyl (C=O) groups excluding carboxylic acids is 1. The molecule has 0 fully saturated rings. The van der Waals surface area contributed by atoms with Crippen LogP contribution in [0, 0.1) is 18.3 Å². The van der Waals surface area contributed by atoms with E-state index in [2.05, 4.69) is 11.4 Å². The van der Waals surface area contributed by atoms with Crippen molar-refractivity contribution in [3.05, 3.63) is 65.2 Å². The third-order valence-corrected chi connectivity index (χ3v) is 4.66. The number of nitrogens with zero attached hydrogens (tertiary/aromatic N) is 2. The molecule has 7 nitrogen and oxygen atoms in total. The standard InChI is InChI=1S/C21H19N3O4/c1-13(15-5-6-17-18(11-15)27-10-9-26-17)23-20(25)19-14(2)28-21(16(19)12-22)24-7-3-4-8-24/h3-8,11,13H,9-10H2,1-2H3,(H,23,25)/t13-/m1/s1. The van der Waals surface area contributed by atoms with Crippen LogP contribution < -0.4 is 14.8 Å². The molecule has 1 N–H and O–H groups in total. The van der Waals surface area contributed by atoms with Gasteiger partial charge in [0.25, 0.3) is 5.91 Å². The topological polar surface area (TPSA) is 89.4 Å². The monoisotopic (exact) mass is 377 g/mol. The molecule has 2 aromatic heterocycles. The smallest absolute Gasteiger partial charge is 0.256 e. The summed E-state index contributed by atoms with van der Waals surface area (Å²) in [6.45, 7) is 4.58. The van der Waals surface area contributed by atoms with Crippen LogP contribution in [-0.4, -0.2) is 23.7 Å². The molecule has 4 rings (SSSR count). The highest BCUT2D eigenvalue weighted by molar-refractivity contribution is 5.98. The summed E-state index contributed by atoms with van der Waals surface area (Å²) >= 11 is 0. The predicted molar refractivity (Wildman–Crippen MR) is 101 cm³/mol. The summed E-state index contributed by atoms with van der Waals surface area (Å²) in [6.07, 6.45) is 3.53. The van der Waals surface area contributed by atoms with Gasteiger partial charge in [-0.05, 0) is 43.7 Å². The number of nitriles is 1. The van der Waals surface area contributed by atoms with E-state index in [4.69, 9.17) is 13.9 Å². The maximum Gasteiger partial charge on any atom is 0.256 e. The van der Waals surface area contributed by atoms with Gasteiger partial charge in [-0.1, -0.05) is 6.07 Å². The van der Waals surface area contributed by atoms with Crippen LogP contribution in [0.3, 0.4) is 0 Å². The first kappa shape index (κ1) is 17.7. The number of hydrogen-bond acceptors (Lipinski definition) is 5. The van der Waals surface area contributed by atoms with Crippen LogP contribution in [0.25, 0.3) is 5.88 Å². The van der Waals surface area contributed by atoms with Gasteiger partial charge in [-0.15, -0.1) is 0 Å². The summed E-state index contributed by atoms with van der Waals surface area (Å²) in [5.74, 6) is 1.73. The van der Waals surface area contributed by atoms with Gasteiger partial charge in [0.1, 0.15) is 36.2 Å². The summed E-state index contributed by atoms with van der Waals surface area (Å²) in [5.41, 5.74) is 1.33. The van der Waals surface area contributed by atoms with Crippen LogP contribution in [0.4, 0.5) is 0 Å². The molecule has 1 atom stereocenters. The van der Waals surface area contributed by atoms with Crippen molar-refractivity contribution in [1.29, 1.82) is 5.26 Å². The van der Waals surface area contributed by atoms with Gasteiger partial charge < -0.3 is 19.2 Å². The molecule has 1 aliphatic heterocycles. The third kappa shape index (κ3) is 3.09. The summed E-state index contributed by atoms with van der Waals surface area (Å²) in [7, 11) is 0. The lowest BCUT2D eigenvalue weighted by atomic mass is 10.1. The molecule has 0 aliphatic carbocycles. The molecule has 28 heavy (non-hydrogen) atoms. The van der Waals surface area contributed by atoms with Crippen molar-refractivity contribution < 1.29 is 18.7 Å². The Bertz CT molecular complexity index is 1060. The van der Waals surface area contributed by atoms with E-state index >= 15 is 0 Å². The molecule has 7 heteroatoms. The number of furan rings is 1. The summed E-state index contributed by atoms with van der Waals surface area (Å²) in [4.78, 5) is 12.9. The van der Waals surface area contributed by atoms with Crippen molar-refractivity contribution in [2.75, 3.05) is 13.2 Å². The van der Waals surface area contributed by atoms with Crippen LogP contribution in [0.15, 0.2) is 47.1 Å². The minimum absolute atomic E-state index is 0.209. The Kier molecular flexibility index (Phi) is 4.53. The molecule has 0 unspecified atom stereocenters. The van der Waals surface area contributed by atoms with E-state index in [-0.39, 0.29) is 23.1 Å². The Morgan fingerprint density at radius 3 is 2.64 bits per heavy atom. The Balaban J connectivity index is 1.60. The van der Waals surface area contributed by atoms with Gasteiger partial charge in [-0.2, -0.15) is 5.26 Å². The fourth-order valence-electron chi connectivity index (χ4n) is 3.24. The summed E-state index contributed by atoms with van der Waals surface area (Å²) < 4.78 is 18.5. The number of amides is 1. The SMILES string of the molecule is Cc1oc(-n2cccc2)c(C#N)c1C(=O)N[C@H](C)c1ccc2c(c1)OCCO2. The Morgan fingerprint density at radius 1 is 1.21 bits per heavy atom. The number of fused-ring (bicyclic) bond motifs is 1. The molecule has 0 bridgehead atoms. The van der Waals surface area contributed by atoms with Crippen molar-refractivity contribution in [2.24, 2.45) is 0 Å². The number of nitrogens with one attached hydrogen (secondary N) is 1. The molecular weight excluding hydrogens is 358 g/mol. The number of ether oxygens (including phenoxy) is 2. The third-order valence-electron chi connectivity index (χ3n) is 4.66. The lowest BCUT2D eigenvalue weighted by molar-refractivity contribution is 0.0938. The van der Waals surface area contributed by atoms with Gasteiger partial charge in [0, 0.05) is 12.4 Å². The van der Waals surface area contributed by atoms with Gasteiger partial charge in [0.05, 0.1) is 6.04 Å². The molecule has 1 amide bonds. The average molecular weight is 377 g/mol. The highest BCUT2D eigenvalue weighted by atomic mass is 16.6. The van der Waals surface area contributed by atoms with E-state index in [0.29, 0.717) is 36.4 Å². The van der Waals surface area contributed by atoms with Crippen LogP contribution in [0.5, 0.6) is 11.5 Å². The Morgan fingerprint density at radius 2 is 1.93 bits per heavy atom. The number of aromatic nitrogens is 1. The fraction of sp³-hybridized carbons (Fsp3) is 0.238. The maximum absolute atomic E-state index is 12.9. The molecule has 0 saturated carbocycles.